The highest BCUT2D eigenvalue weighted by molar-refractivity contribution is 5.90. The number of nitriles is 1. The summed E-state index contributed by atoms with van der Waals surface area (Å²) in [5.41, 5.74) is -0.244. The summed E-state index contributed by atoms with van der Waals surface area (Å²) in [5, 5.41) is 12.2. The van der Waals surface area contributed by atoms with E-state index in [1.54, 1.807) is 12.1 Å². The quantitative estimate of drug-likeness (QED) is 0.513. The maximum absolute atomic E-state index is 12.4. The third-order valence-corrected chi connectivity index (χ3v) is 5.04. The smallest absolute Gasteiger partial charge is 0.331 e. The molecule has 0 bridgehead atoms. The van der Waals surface area contributed by atoms with Crippen molar-refractivity contribution < 1.29 is 28.5 Å². The maximum atomic E-state index is 12.4. The largest absolute Gasteiger partial charge is 0.493 e. The lowest BCUT2D eigenvalue weighted by Crippen LogP contribution is -2.52. The van der Waals surface area contributed by atoms with Gasteiger partial charge in [0.1, 0.15) is 5.54 Å². The van der Waals surface area contributed by atoms with E-state index in [9.17, 15) is 14.9 Å². The SMILES string of the molecule is COc1cc(/C=C/C(=O)O[C@@H](C)C(=O)NC2(C#N)CCCCC2)cc(OC)c1OC. The standard InChI is InChI=1S/C22H28N2O6/c1-15(21(26)24-22(14-23)10-6-5-7-11-22)30-19(25)9-8-16-12-17(27-2)20(29-4)18(13-16)28-3/h8-9,12-13,15H,5-7,10-11H2,1-4H3,(H,24,26)/b9-8+/t15-/m0/s1. The van der Waals surface area contributed by atoms with Gasteiger partial charge in [-0.2, -0.15) is 5.26 Å². The molecule has 1 aliphatic rings. The molecular formula is C22H28N2O6. The molecule has 8 nitrogen and oxygen atoms in total. The van der Waals surface area contributed by atoms with Crippen molar-refractivity contribution >= 4 is 18.0 Å². The number of amides is 1. The molecule has 162 valence electrons. The van der Waals surface area contributed by atoms with Crippen LogP contribution < -0.4 is 19.5 Å². The van der Waals surface area contributed by atoms with Crippen molar-refractivity contribution in [1.29, 1.82) is 5.26 Å². The molecular weight excluding hydrogens is 388 g/mol. The number of hydrogen-bond acceptors (Lipinski definition) is 7. The molecule has 1 atom stereocenters. The highest BCUT2D eigenvalue weighted by atomic mass is 16.5. The van der Waals surface area contributed by atoms with Crippen molar-refractivity contribution in [2.75, 3.05) is 21.3 Å². The highest BCUT2D eigenvalue weighted by Gasteiger charge is 2.35. The summed E-state index contributed by atoms with van der Waals surface area (Å²) in [6.07, 6.45) is 5.76. The lowest BCUT2D eigenvalue weighted by Gasteiger charge is -2.32. The molecule has 0 heterocycles. The Morgan fingerprint density at radius 3 is 2.20 bits per heavy atom. The summed E-state index contributed by atoms with van der Waals surface area (Å²) in [6, 6.07) is 5.58. The molecule has 1 aromatic carbocycles. The van der Waals surface area contributed by atoms with Crippen LogP contribution in [0.25, 0.3) is 6.08 Å². The van der Waals surface area contributed by atoms with Gasteiger partial charge >= 0.3 is 5.97 Å². The Balaban J connectivity index is 2.01. The second kappa shape index (κ2) is 10.5. The molecule has 2 rings (SSSR count). The van der Waals surface area contributed by atoms with E-state index in [-0.39, 0.29) is 0 Å². The van der Waals surface area contributed by atoms with Gasteiger partial charge in [-0.25, -0.2) is 4.79 Å². The molecule has 0 aromatic heterocycles. The van der Waals surface area contributed by atoms with Gasteiger partial charge in [0.05, 0.1) is 27.4 Å². The third kappa shape index (κ3) is 5.66. The van der Waals surface area contributed by atoms with E-state index < -0.39 is 23.5 Å². The van der Waals surface area contributed by atoms with Crippen LogP contribution in [0.3, 0.4) is 0 Å². The number of methoxy groups -OCH3 is 3. The molecule has 1 aliphatic carbocycles. The maximum Gasteiger partial charge on any atom is 0.331 e. The van der Waals surface area contributed by atoms with Crippen molar-refractivity contribution in [1.82, 2.24) is 5.32 Å². The number of ether oxygens (including phenoxy) is 4. The highest BCUT2D eigenvalue weighted by Crippen LogP contribution is 2.38. The van der Waals surface area contributed by atoms with Crippen LogP contribution in [0.1, 0.15) is 44.6 Å². The number of benzene rings is 1. The lowest BCUT2D eigenvalue weighted by atomic mass is 9.83. The topological polar surface area (TPSA) is 107 Å². The van der Waals surface area contributed by atoms with Gasteiger partial charge in [-0.3, -0.25) is 4.79 Å². The van der Waals surface area contributed by atoms with Crippen LogP contribution in [0.5, 0.6) is 17.2 Å². The summed E-state index contributed by atoms with van der Waals surface area (Å²) in [7, 11) is 4.50. The van der Waals surface area contributed by atoms with E-state index in [4.69, 9.17) is 18.9 Å². The zero-order valence-electron chi connectivity index (χ0n) is 17.8. The van der Waals surface area contributed by atoms with E-state index in [1.807, 2.05) is 0 Å². The number of nitrogens with zero attached hydrogens (tertiary/aromatic N) is 1. The molecule has 0 aliphatic heterocycles. The number of hydrogen-bond donors (Lipinski definition) is 1. The fourth-order valence-corrected chi connectivity index (χ4v) is 3.39. The van der Waals surface area contributed by atoms with Crippen LogP contribution in [-0.4, -0.2) is 44.8 Å². The number of esters is 1. The zero-order chi connectivity index (χ0) is 22.1. The van der Waals surface area contributed by atoms with Crippen LogP contribution in [0.4, 0.5) is 0 Å². The molecule has 30 heavy (non-hydrogen) atoms. The Morgan fingerprint density at radius 1 is 1.10 bits per heavy atom. The molecule has 0 unspecified atom stereocenters. The minimum atomic E-state index is -1.02. The van der Waals surface area contributed by atoms with Crippen molar-refractivity contribution in [2.45, 2.75) is 50.7 Å². The predicted molar refractivity (Wildman–Crippen MR) is 110 cm³/mol. The molecule has 1 amide bonds. The average Bonchev–Trinajstić information content (AvgIpc) is 2.77. The van der Waals surface area contributed by atoms with Crippen LogP contribution in [-0.2, 0) is 14.3 Å². The van der Waals surface area contributed by atoms with Crippen LogP contribution >= 0.6 is 0 Å². The Hall–Kier alpha value is -3.21. The van der Waals surface area contributed by atoms with E-state index in [1.165, 1.54) is 40.4 Å². The van der Waals surface area contributed by atoms with Gasteiger partial charge in [0.15, 0.2) is 17.6 Å². The molecule has 1 N–H and O–H groups in total. The van der Waals surface area contributed by atoms with E-state index >= 15 is 0 Å². The van der Waals surface area contributed by atoms with Crippen molar-refractivity contribution in [3.8, 4) is 23.3 Å². The van der Waals surface area contributed by atoms with Gasteiger partial charge in [0.2, 0.25) is 5.75 Å². The summed E-state index contributed by atoms with van der Waals surface area (Å²) in [4.78, 5) is 24.6. The minimum absolute atomic E-state index is 0.444. The first-order chi connectivity index (χ1) is 14.4. The second-order valence-electron chi connectivity index (χ2n) is 7.11. The first-order valence-electron chi connectivity index (χ1n) is 9.80. The summed E-state index contributed by atoms with van der Waals surface area (Å²) in [5.74, 6) is 0.187. The predicted octanol–water partition coefficient (Wildman–Crippen LogP) is 3.00. The van der Waals surface area contributed by atoms with Crippen LogP contribution in [0.2, 0.25) is 0 Å². The molecule has 0 radical (unpaired) electrons. The van der Waals surface area contributed by atoms with Gasteiger partial charge in [-0.05, 0) is 43.5 Å². The molecule has 0 spiro atoms. The molecule has 1 aromatic rings. The lowest BCUT2D eigenvalue weighted by molar-refractivity contribution is -0.150. The summed E-state index contributed by atoms with van der Waals surface area (Å²) < 4.78 is 21.0. The van der Waals surface area contributed by atoms with Crippen molar-refractivity contribution in [3.63, 3.8) is 0 Å². The molecule has 8 heteroatoms. The Morgan fingerprint density at radius 2 is 1.70 bits per heavy atom. The zero-order valence-corrected chi connectivity index (χ0v) is 17.8. The van der Waals surface area contributed by atoms with Gasteiger partial charge in [0.25, 0.3) is 5.91 Å². The average molecular weight is 416 g/mol. The first kappa shape index (κ1) is 23.1. The molecule has 0 saturated heterocycles. The monoisotopic (exact) mass is 416 g/mol. The first-order valence-corrected chi connectivity index (χ1v) is 9.80. The normalized spacial score (nSPS) is 16.2. The second-order valence-corrected chi connectivity index (χ2v) is 7.11. The number of carbonyl (C=O) groups is 2. The van der Waals surface area contributed by atoms with Crippen molar-refractivity contribution in [2.24, 2.45) is 0 Å². The van der Waals surface area contributed by atoms with Crippen LogP contribution in [0.15, 0.2) is 18.2 Å². The molecule has 1 fully saturated rings. The Labute approximate surface area is 176 Å². The number of nitrogens with one attached hydrogen (secondary N) is 1. The summed E-state index contributed by atoms with van der Waals surface area (Å²) in [6.45, 7) is 1.48. The molecule has 1 saturated carbocycles. The number of carbonyl (C=O) groups excluding carboxylic acids is 2. The summed E-state index contributed by atoms with van der Waals surface area (Å²) >= 11 is 0. The fraction of sp³-hybridized carbons (Fsp3) is 0.500. The third-order valence-electron chi connectivity index (χ3n) is 5.04. The minimum Gasteiger partial charge on any atom is -0.493 e. The Kier molecular flexibility index (Phi) is 8.10. The fourth-order valence-electron chi connectivity index (χ4n) is 3.39. The van der Waals surface area contributed by atoms with E-state index in [0.717, 1.165) is 19.3 Å². The van der Waals surface area contributed by atoms with Gasteiger partial charge in [-0.15, -0.1) is 0 Å². The van der Waals surface area contributed by atoms with E-state index in [0.29, 0.717) is 35.7 Å². The number of rotatable bonds is 8. The Bertz CT molecular complexity index is 812. The van der Waals surface area contributed by atoms with E-state index in [2.05, 4.69) is 11.4 Å². The van der Waals surface area contributed by atoms with Crippen molar-refractivity contribution in [3.05, 3.63) is 23.8 Å². The van der Waals surface area contributed by atoms with Gasteiger partial charge in [-0.1, -0.05) is 19.3 Å². The van der Waals surface area contributed by atoms with Gasteiger partial charge < -0.3 is 24.3 Å². The van der Waals surface area contributed by atoms with Crippen LogP contribution in [0, 0.1) is 11.3 Å². The van der Waals surface area contributed by atoms with Gasteiger partial charge in [0, 0.05) is 6.08 Å².